The van der Waals surface area contributed by atoms with Crippen LogP contribution in [-0.4, -0.2) is 31.6 Å². The zero-order valence-corrected chi connectivity index (χ0v) is 12.7. The Labute approximate surface area is 117 Å². The minimum absolute atomic E-state index is 0.132. The van der Waals surface area contributed by atoms with Crippen molar-refractivity contribution in [3.05, 3.63) is 0 Å². The molecule has 1 saturated heterocycles. The summed E-state index contributed by atoms with van der Waals surface area (Å²) in [7, 11) is 0. The Balaban J connectivity index is 2.32. The predicted molar refractivity (Wildman–Crippen MR) is 79.8 cm³/mol. The molecule has 19 heavy (non-hydrogen) atoms. The number of piperidine rings is 1. The van der Waals surface area contributed by atoms with E-state index in [9.17, 15) is 4.79 Å². The van der Waals surface area contributed by atoms with Crippen LogP contribution in [-0.2, 0) is 4.79 Å². The first-order chi connectivity index (χ1) is 9.02. The highest BCUT2D eigenvalue weighted by Crippen LogP contribution is 2.24. The Morgan fingerprint density at radius 2 is 1.95 bits per heavy atom. The summed E-state index contributed by atoms with van der Waals surface area (Å²) in [5.41, 5.74) is 5.72. The first-order valence-corrected chi connectivity index (χ1v) is 7.73. The van der Waals surface area contributed by atoms with Gasteiger partial charge in [0.15, 0.2) is 0 Å². The van der Waals surface area contributed by atoms with E-state index in [2.05, 4.69) is 31.4 Å². The van der Waals surface area contributed by atoms with Crippen molar-refractivity contribution >= 4 is 5.91 Å². The second-order valence-electron chi connectivity index (χ2n) is 6.40. The number of hydrogen-bond acceptors (Lipinski definition) is 3. The minimum Gasteiger partial charge on any atom is -0.352 e. The number of carbonyl (C=O) groups excluding carboxylic acids is 1. The van der Waals surface area contributed by atoms with Crippen molar-refractivity contribution in [1.29, 1.82) is 0 Å². The molecular formula is C15H31N3O. The van der Waals surface area contributed by atoms with Crippen molar-refractivity contribution in [2.24, 2.45) is 23.5 Å². The van der Waals surface area contributed by atoms with Gasteiger partial charge in [-0.25, -0.2) is 0 Å². The van der Waals surface area contributed by atoms with Crippen LogP contribution >= 0.6 is 0 Å². The lowest BCUT2D eigenvalue weighted by atomic mass is 9.84. The fraction of sp³-hybridized carbons (Fsp3) is 0.933. The second kappa shape index (κ2) is 8.54. The molecule has 2 unspecified atom stereocenters. The number of nitrogens with two attached hydrogens (primary N) is 1. The Morgan fingerprint density at radius 3 is 2.47 bits per heavy atom. The van der Waals surface area contributed by atoms with Crippen molar-refractivity contribution in [1.82, 2.24) is 10.6 Å². The molecule has 0 aromatic rings. The van der Waals surface area contributed by atoms with Crippen LogP contribution in [0.1, 0.15) is 46.5 Å². The zero-order chi connectivity index (χ0) is 14.3. The summed E-state index contributed by atoms with van der Waals surface area (Å²) in [6.45, 7) is 9.24. The Bertz CT molecular complexity index is 262. The maximum absolute atomic E-state index is 12.1. The van der Waals surface area contributed by atoms with E-state index in [1.165, 1.54) is 12.8 Å². The van der Waals surface area contributed by atoms with Gasteiger partial charge in [-0.2, -0.15) is 0 Å². The van der Waals surface area contributed by atoms with Gasteiger partial charge in [-0.1, -0.05) is 20.8 Å². The molecular weight excluding hydrogens is 238 g/mol. The van der Waals surface area contributed by atoms with E-state index < -0.39 is 0 Å². The van der Waals surface area contributed by atoms with Crippen LogP contribution in [0.15, 0.2) is 0 Å². The van der Waals surface area contributed by atoms with E-state index in [1.807, 2.05) is 0 Å². The van der Waals surface area contributed by atoms with Gasteiger partial charge in [0.05, 0.1) is 0 Å². The molecule has 2 atom stereocenters. The van der Waals surface area contributed by atoms with Crippen LogP contribution in [0.25, 0.3) is 0 Å². The second-order valence-corrected chi connectivity index (χ2v) is 6.40. The van der Waals surface area contributed by atoms with Gasteiger partial charge in [-0.15, -0.1) is 0 Å². The lowest BCUT2D eigenvalue weighted by molar-refractivity contribution is -0.123. The molecule has 4 heteroatoms. The smallest absolute Gasteiger partial charge is 0.220 e. The standard InChI is InChI=1S/C15H31N3O/c1-11(2)8-14(10-16)18-15(19)9-12(3)13-4-6-17-7-5-13/h11-14,17H,4-10,16H2,1-3H3,(H,18,19). The van der Waals surface area contributed by atoms with Crippen LogP contribution < -0.4 is 16.4 Å². The van der Waals surface area contributed by atoms with E-state index >= 15 is 0 Å². The van der Waals surface area contributed by atoms with Crippen LogP contribution in [0.2, 0.25) is 0 Å². The summed E-state index contributed by atoms with van der Waals surface area (Å²) in [6.07, 6.45) is 3.99. The molecule has 1 amide bonds. The Hall–Kier alpha value is -0.610. The quantitative estimate of drug-likeness (QED) is 0.656. The third-order valence-electron chi connectivity index (χ3n) is 4.10. The van der Waals surface area contributed by atoms with Gasteiger partial charge in [0, 0.05) is 19.0 Å². The summed E-state index contributed by atoms with van der Waals surface area (Å²) >= 11 is 0. The van der Waals surface area contributed by atoms with Gasteiger partial charge in [0.25, 0.3) is 0 Å². The Kier molecular flexibility index (Phi) is 7.39. The maximum atomic E-state index is 12.1. The number of rotatable bonds is 7. The summed E-state index contributed by atoms with van der Waals surface area (Å²) < 4.78 is 0. The van der Waals surface area contributed by atoms with Crippen molar-refractivity contribution < 1.29 is 4.79 Å². The number of amides is 1. The van der Waals surface area contributed by atoms with E-state index in [-0.39, 0.29) is 11.9 Å². The van der Waals surface area contributed by atoms with Crippen LogP contribution in [0.5, 0.6) is 0 Å². The number of hydrogen-bond donors (Lipinski definition) is 3. The van der Waals surface area contributed by atoms with Crippen molar-refractivity contribution in [2.45, 2.75) is 52.5 Å². The number of carbonyl (C=O) groups is 1. The third kappa shape index (κ3) is 6.39. The average Bonchev–Trinajstić information content (AvgIpc) is 2.38. The van der Waals surface area contributed by atoms with Crippen LogP contribution in [0.3, 0.4) is 0 Å². The third-order valence-corrected chi connectivity index (χ3v) is 4.10. The van der Waals surface area contributed by atoms with Crippen molar-refractivity contribution in [3.8, 4) is 0 Å². The molecule has 1 aliphatic heterocycles. The van der Waals surface area contributed by atoms with Crippen molar-refractivity contribution in [3.63, 3.8) is 0 Å². The molecule has 0 aromatic heterocycles. The molecule has 0 radical (unpaired) electrons. The largest absolute Gasteiger partial charge is 0.352 e. The molecule has 0 bridgehead atoms. The highest BCUT2D eigenvalue weighted by Gasteiger charge is 2.22. The van der Waals surface area contributed by atoms with Gasteiger partial charge >= 0.3 is 0 Å². The lowest BCUT2D eigenvalue weighted by Gasteiger charge is -2.28. The number of nitrogens with one attached hydrogen (secondary N) is 2. The molecule has 4 nitrogen and oxygen atoms in total. The fourth-order valence-corrected chi connectivity index (χ4v) is 2.94. The first-order valence-electron chi connectivity index (χ1n) is 7.73. The van der Waals surface area contributed by atoms with E-state index in [0.717, 1.165) is 19.5 Å². The van der Waals surface area contributed by atoms with Crippen LogP contribution in [0.4, 0.5) is 0 Å². The molecule has 4 N–H and O–H groups in total. The highest BCUT2D eigenvalue weighted by atomic mass is 16.1. The molecule has 1 aliphatic rings. The van der Waals surface area contributed by atoms with Gasteiger partial charge in [-0.05, 0) is 50.1 Å². The van der Waals surface area contributed by atoms with Gasteiger partial charge in [-0.3, -0.25) is 4.79 Å². The summed E-state index contributed by atoms with van der Waals surface area (Å²) in [6, 6.07) is 0.132. The SMILES string of the molecule is CC(C)CC(CN)NC(=O)CC(C)C1CCNCC1. The zero-order valence-electron chi connectivity index (χ0n) is 12.7. The summed E-state index contributed by atoms with van der Waals surface area (Å²) in [5.74, 6) is 1.89. The summed E-state index contributed by atoms with van der Waals surface area (Å²) in [4.78, 5) is 12.1. The molecule has 1 heterocycles. The predicted octanol–water partition coefficient (Wildman–Crippen LogP) is 1.50. The highest BCUT2D eigenvalue weighted by molar-refractivity contribution is 5.76. The molecule has 0 saturated carbocycles. The molecule has 0 aromatic carbocycles. The topological polar surface area (TPSA) is 67.1 Å². The normalized spacial score (nSPS) is 20.3. The van der Waals surface area contributed by atoms with Crippen LogP contribution in [0, 0.1) is 17.8 Å². The molecule has 1 fully saturated rings. The van der Waals surface area contributed by atoms with Crippen molar-refractivity contribution in [2.75, 3.05) is 19.6 Å². The average molecular weight is 269 g/mol. The van der Waals surface area contributed by atoms with Gasteiger partial charge in [0.2, 0.25) is 5.91 Å². The fourth-order valence-electron chi connectivity index (χ4n) is 2.94. The molecule has 0 aliphatic carbocycles. The van der Waals surface area contributed by atoms with E-state index in [4.69, 9.17) is 5.73 Å². The molecule has 1 rings (SSSR count). The molecule has 0 spiro atoms. The summed E-state index contributed by atoms with van der Waals surface area (Å²) in [5, 5.41) is 6.46. The Morgan fingerprint density at radius 1 is 1.32 bits per heavy atom. The monoisotopic (exact) mass is 269 g/mol. The lowest BCUT2D eigenvalue weighted by Crippen LogP contribution is -2.42. The maximum Gasteiger partial charge on any atom is 0.220 e. The van der Waals surface area contributed by atoms with E-state index in [0.29, 0.717) is 30.7 Å². The molecule has 112 valence electrons. The van der Waals surface area contributed by atoms with Gasteiger partial charge in [0.1, 0.15) is 0 Å². The first kappa shape index (κ1) is 16.4. The van der Waals surface area contributed by atoms with E-state index in [1.54, 1.807) is 0 Å². The van der Waals surface area contributed by atoms with Gasteiger partial charge < -0.3 is 16.4 Å². The minimum atomic E-state index is 0.132.